The molecule has 2 aromatic heterocycles. The highest BCUT2D eigenvalue weighted by Gasteiger charge is 2.18. The van der Waals surface area contributed by atoms with Crippen molar-refractivity contribution < 1.29 is 4.79 Å². The molecule has 1 amide bonds. The van der Waals surface area contributed by atoms with E-state index in [9.17, 15) is 4.79 Å². The Morgan fingerprint density at radius 1 is 1.42 bits per heavy atom. The van der Waals surface area contributed by atoms with E-state index in [2.05, 4.69) is 31.1 Å². The number of hydrogen-bond donors (Lipinski definition) is 3. The Labute approximate surface area is 170 Å². The van der Waals surface area contributed by atoms with Crippen molar-refractivity contribution in [3.63, 3.8) is 0 Å². The lowest BCUT2D eigenvalue weighted by Crippen LogP contribution is -2.51. The van der Waals surface area contributed by atoms with Crippen molar-refractivity contribution in [2.45, 2.75) is 38.6 Å². The lowest BCUT2D eigenvalue weighted by atomic mass is 10.1. The number of aliphatic imine (C=N–C) groups is 1. The number of hydrogen-bond acceptors (Lipinski definition) is 4. The fourth-order valence-corrected chi connectivity index (χ4v) is 2.86. The Bertz CT molecular complexity index is 736. The number of aromatic nitrogens is 3. The smallest absolute Gasteiger partial charge is 0.220 e. The van der Waals surface area contributed by atoms with Crippen LogP contribution in [0.25, 0.3) is 5.65 Å². The number of nitrogens with one attached hydrogen (secondary N) is 3. The van der Waals surface area contributed by atoms with Crippen LogP contribution in [0.3, 0.4) is 0 Å². The predicted octanol–water partition coefficient (Wildman–Crippen LogP) is 1.11. The number of guanidine groups is 1. The minimum atomic E-state index is 0. The summed E-state index contributed by atoms with van der Waals surface area (Å²) in [5.41, 5.74) is 0.871. The first-order valence-electron chi connectivity index (χ1n) is 8.86. The normalized spacial score (nSPS) is 17.5. The van der Waals surface area contributed by atoms with Crippen LogP contribution in [0, 0.1) is 0 Å². The maximum atomic E-state index is 11.2. The van der Waals surface area contributed by atoms with Gasteiger partial charge in [-0.3, -0.25) is 14.2 Å². The monoisotopic (exact) mass is 471 g/mol. The van der Waals surface area contributed by atoms with Gasteiger partial charge in [0.2, 0.25) is 5.91 Å². The molecule has 8 nitrogen and oxygen atoms in total. The summed E-state index contributed by atoms with van der Waals surface area (Å²) in [6.07, 6.45) is 5.11. The lowest BCUT2D eigenvalue weighted by Gasteiger charge is -2.25. The number of carbonyl (C=O) groups is 1. The van der Waals surface area contributed by atoms with Crippen molar-refractivity contribution in [1.29, 1.82) is 0 Å². The molecule has 0 aliphatic carbocycles. The quantitative estimate of drug-likeness (QED) is 0.254. The number of amides is 1. The maximum absolute atomic E-state index is 11.2. The van der Waals surface area contributed by atoms with E-state index in [-0.39, 0.29) is 35.9 Å². The molecule has 3 rings (SSSR count). The third-order valence-electron chi connectivity index (χ3n) is 4.16. The van der Waals surface area contributed by atoms with Crippen molar-refractivity contribution in [3.8, 4) is 0 Å². The first kappa shape index (κ1) is 20.4. The van der Waals surface area contributed by atoms with Gasteiger partial charge in [-0.2, -0.15) is 0 Å². The molecule has 1 aliphatic heterocycles. The van der Waals surface area contributed by atoms with Crippen LogP contribution in [0.15, 0.2) is 29.4 Å². The summed E-state index contributed by atoms with van der Waals surface area (Å²) in [6, 6.07) is 6.12. The average Bonchev–Trinajstić information content (AvgIpc) is 3.04. The van der Waals surface area contributed by atoms with Gasteiger partial charge >= 0.3 is 0 Å². The Balaban J connectivity index is 0.00000243. The van der Waals surface area contributed by atoms with E-state index in [4.69, 9.17) is 0 Å². The first-order chi connectivity index (χ1) is 12.3. The molecule has 0 radical (unpaired) electrons. The van der Waals surface area contributed by atoms with Crippen LogP contribution in [0.5, 0.6) is 0 Å². The minimum Gasteiger partial charge on any atom is -0.357 e. The topological polar surface area (TPSA) is 95.7 Å². The van der Waals surface area contributed by atoms with Gasteiger partial charge < -0.3 is 16.0 Å². The number of pyridine rings is 1. The molecule has 1 fully saturated rings. The van der Waals surface area contributed by atoms with Crippen molar-refractivity contribution in [3.05, 3.63) is 30.2 Å². The summed E-state index contributed by atoms with van der Waals surface area (Å²) in [7, 11) is 0. The second-order valence-corrected chi connectivity index (χ2v) is 6.09. The molecule has 1 atom stereocenters. The summed E-state index contributed by atoms with van der Waals surface area (Å²) in [5, 5.41) is 17.9. The molecule has 1 aliphatic rings. The molecule has 1 saturated heterocycles. The van der Waals surface area contributed by atoms with E-state index in [1.165, 1.54) is 0 Å². The molecule has 3 heterocycles. The number of halogens is 1. The number of nitrogens with zero attached hydrogens (tertiary/aromatic N) is 4. The highest BCUT2D eigenvalue weighted by molar-refractivity contribution is 14.0. The Morgan fingerprint density at radius 3 is 3.08 bits per heavy atom. The van der Waals surface area contributed by atoms with Crippen LogP contribution >= 0.6 is 24.0 Å². The summed E-state index contributed by atoms with van der Waals surface area (Å²) in [5.74, 6) is 1.88. The Morgan fingerprint density at radius 2 is 2.31 bits per heavy atom. The standard InChI is InChI=1S/C17H25N7O.HI/c1-2-18-17(21-13-8-9-16(25)20-12-13)19-10-5-7-15-23-22-14-6-3-4-11-24(14)15;/h3-4,6,11,13H,2,5,7-10,12H2,1H3,(H,20,25)(H2,18,19,21);1H. The average molecular weight is 471 g/mol. The molecule has 26 heavy (non-hydrogen) atoms. The van der Waals surface area contributed by atoms with Crippen molar-refractivity contribution in [2.75, 3.05) is 19.6 Å². The van der Waals surface area contributed by atoms with Crippen LogP contribution < -0.4 is 16.0 Å². The van der Waals surface area contributed by atoms with Gasteiger partial charge in [0.1, 0.15) is 5.82 Å². The van der Waals surface area contributed by atoms with E-state index in [1.807, 2.05) is 35.7 Å². The molecule has 1 unspecified atom stereocenters. The third-order valence-corrected chi connectivity index (χ3v) is 4.16. The molecular formula is C17H26IN7O. The van der Waals surface area contributed by atoms with Crippen LogP contribution in [-0.4, -0.2) is 52.1 Å². The zero-order chi connectivity index (χ0) is 17.5. The summed E-state index contributed by atoms with van der Waals surface area (Å²) < 4.78 is 2.01. The number of rotatable bonds is 6. The van der Waals surface area contributed by atoms with Gasteiger partial charge in [0, 0.05) is 44.7 Å². The lowest BCUT2D eigenvalue weighted by molar-refractivity contribution is -0.122. The number of piperidine rings is 1. The molecule has 3 N–H and O–H groups in total. The highest BCUT2D eigenvalue weighted by atomic mass is 127. The SMILES string of the molecule is CCNC(=NCCCc1nnc2ccccn12)NC1CCC(=O)NC1.I. The zero-order valence-electron chi connectivity index (χ0n) is 14.9. The summed E-state index contributed by atoms with van der Waals surface area (Å²) in [6.45, 7) is 4.20. The molecule has 9 heteroatoms. The van der Waals surface area contributed by atoms with Crippen LogP contribution in [0.2, 0.25) is 0 Å². The van der Waals surface area contributed by atoms with Gasteiger partial charge in [0.25, 0.3) is 0 Å². The van der Waals surface area contributed by atoms with Crippen LogP contribution in [0.4, 0.5) is 0 Å². The fraction of sp³-hybridized carbons (Fsp3) is 0.529. The maximum Gasteiger partial charge on any atom is 0.220 e. The zero-order valence-corrected chi connectivity index (χ0v) is 17.3. The van der Waals surface area contributed by atoms with Gasteiger partial charge in [0.15, 0.2) is 11.6 Å². The second kappa shape index (κ2) is 10.3. The Hall–Kier alpha value is -1.91. The van der Waals surface area contributed by atoms with Gasteiger partial charge in [-0.05, 0) is 31.9 Å². The van der Waals surface area contributed by atoms with E-state index in [0.29, 0.717) is 19.5 Å². The third kappa shape index (κ3) is 5.55. The van der Waals surface area contributed by atoms with Gasteiger partial charge in [-0.15, -0.1) is 34.2 Å². The Kier molecular flexibility index (Phi) is 8.07. The van der Waals surface area contributed by atoms with E-state index in [1.54, 1.807) is 0 Å². The van der Waals surface area contributed by atoms with Crippen molar-refractivity contribution in [1.82, 2.24) is 30.5 Å². The molecule has 2 aromatic rings. The number of carbonyl (C=O) groups excluding carboxylic acids is 1. The van der Waals surface area contributed by atoms with E-state index < -0.39 is 0 Å². The first-order valence-corrected chi connectivity index (χ1v) is 8.86. The molecule has 0 spiro atoms. The van der Waals surface area contributed by atoms with Crippen molar-refractivity contribution >= 4 is 41.5 Å². The largest absolute Gasteiger partial charge is 0.357 e. The van der Waals surface area contributed by atoms with Crippen molar-refractivity contribution in [2.24, 2.45) is 4.99 Å². The molecule has 0 saturated carbocycles. The minimum absolute atomic E-state index is 0. The molecule has 0 aromatic carbocycles. The second-order valence-electron chi connectivity index (χ2n) is 6.09. The van der Waals surface area contributed by atoms with Crippen LogP contribution in [0.1, 0.15) is 32.0 Å². The molecule has 0 bridgehead atoms. The highest BCUT2D eigenvalue weighted by Crippen LogP contribution is 2.05. The number of fused-ring (bicyclic) bond motifs is 1. The van der Waals surface area contributed by atoms with E-state index >= 15 is 0 Å². The molecular weight excluding hydrogens is 445 g/mol. The fourth-order valence-electron chi connectivity index (χ4n) is 2.86. The van der Waals surface area contributed by atoms with Gasteiger partial charge in [-0.1, -0.05) is 6.07 Å². The van der Waals surface area contributed by atoms with Gasteiger partial charge in [-0.25, -0.2) is 0 Å². The number of aryl methyl sites for hydroxylation is 1. The van der Waals surface area contributed by atoms with E-state index in [0.717, 1.165) is 43.2 Å². The van der Waals surface area contributed by atoms with Gasteiger partial charge in [0.05, 0.1) is 0 Å². The molecule has 142 valence electrons. The van der Waals surface area contributed by atoms with Crippen LogP contribution in [-0.2, 0) is 11.2 Å². The predicted molar refractivity (Wildman–Crippen MR) is 112 cm³/mol. The summed E-state index contributed by atoms with van der Waals surface area (Å²) >= 11 is 0. The summed E-state index contributed by atoms with van der Waals surface area (Å²) in [4.78, 5) is 15.9.